The molecule has 0 saturated carbocycles. The number of hydrogen-bond acceptors (Lipinski definition) is 3. The van der Waals surface area contributed by atoms with Crippen LogP contribution in [0.2, 0.25) is 0 Å². The first-order valence-electron chi connectivity index (χ1n) is 8.42. The van der Waals surface area contributed by atoms with Gasteiger partial charge in [-0.1, -0.05) is 69.8 Å². The van der Waals surface area contributed by atoms with Crippen molar-refractivity contribution < 1.29 is 1.43 Å². The summed E-state index contributed by atoms with van der Waals surface area (Å²) in [6.07, 6.45) is 6.94. The van der Waals surface area contributed by atoms with Crippen LogP contribution in [0.1, 0.15) is 29.1 Å². The van der Waals surface area contributed by atoms with Gasteiger partial charge in [-0.15, -0.1) is 0 Å². The first-order chi connectivity index (χ1) is 11.0. The van der Waals surface area contributed by atoms with Crippen LogP contribution < -0.4 is 10.2 Å². The van der Waals surface area contributed by atoms with E-state index in [0.29, 0.717) is 11.8 Å². The number of allylic oxidation sites excluding steroid dienone is 3. The second kappa shape index (κ2) is 12.3. The van der Waals surface area contributed by atoms with Crippen molar-refractivity contribution in [3.05, 3.63) is 47.4 Å². The van der Waals surface area contributed by atoms with Crippen LogP contribution in [0.15, 0.2) is 52.3 Å². The van der Waals surface area contributed by atoms with Crippen molar-refractivity contribution in [2.24, 2.45) is 11.8 Å². The molecular weight excluding hydrogens is 300 g/mol. The van der Waals surface area contributed by atoms with Gasteiger partial charge in [0, 0.05) is 25.3 Å². The van der Waals surface area contributed by atoms with Crippen molar-refractivity contribution in [2.45, 2.75) is 32.6 Å². The predicted molar refractivity (Wildman–Crippen MR) is 111 cm³/mol. The molecule has 1 aromatic rings. The summed E-state index contributed by atoms with van der Waals surface area (Å²) in [5.74, 6) is 1.28. The maximum absolute atomic E-state index is 2.75. The van der Waals surface area contributed by atoms with Crippen LogP contribution in [0, 0.1) is 11.8 Å². The highest BCUT2D eigenvalue weighted by Crippen LogP contribution is 2.37. The first-order valence-corrected chi connectivity index (χ1v) is 9.24. The van der Waals surface area contributed by atoms with Crippen LogP contribution in [0.4, 0.5) is 5.69 Å². The first kappa shape index (κ1) is 21.8. The van der Waals surface area contributed by atoms with Gasteiger partial charge in [0.2, 0.25) is 0 Å². The maximum Gasteiger partial charge on any atom is 0.0502 e. The summed E-state index contributed by atoms with van der Waals surface area (Å²) in [6.45, 7) is 8.56. The summed E-state index contributed by atoms with van der Waals surface area (Å²) < 4.78 is 0. The Hall–Kier alpha value is -1.19. The summed E-state index contributed by atoms with van der Waals surface area (Å²) in [7, 11) is 7.93. The van der Waals surface area contributed by atoms with Gasteiger partial charge in [0.05, 0.1) is 5.69 Å². The zero-order valence-electron chi connectivity index (χ0n) is 16.1. The number of rotatable bonds is 3. The quantitative estimate of drug-likeness (QED) is 0.764. The Morgan fingerprint density at radius 2 is 1.61 bits per heavy atom. The maximum atomic E-state index is 2.75. The van der Waals surface area contributed by atoms with Crippen molar-refractivity contribution in [3.63, 3.8) is 0 Å². The molecule has 1 aliphatic rings. The Morgan fingerprint density at radius 3 is 2.13 bits per heavy atom. The minimum Gasteiger partial charge on any atom is -0.377 e. The average Bonchev–Trinajstić information content (AvgIpc) is 2.54. The molecule has 2 nitrogen and oxygen atoms in total. The molecule has 2 atom stereocenters. The van der Waals surface area contributed by atoms with Gasteiger partial charge in [-0.3, -0.25) is 0 Å². The number of nitrogens with zero attached hydrogens (tertiary/aromatic N) is 1. The molecule has 132 valence electrons. The SMILES string of the molecule is CC.CC1C=CC(Sc2ccccc2N(C)C)=CC1C.CNC.[HH]. The lowest BCUT2D eigenvalue weighted by atomic mass is 9.92. The van der Waals surface area contributed by atoms with E-state index in [2.05, 4.69) is 80.7 Å². The second-order valence-electron chi connectivity index (χ2n) is 5.61. The molecule has 0 amide bonds. The van der Waals surface area contributed by atoms with Crippen LogP contribution in [0.25, 0.3) is 0 Å². The van der Waals surface area contributed by atoms with E-state index in [1.165, 1.54) is 15.5 Å². The number of benzene rings is 1. The summed E-state index contributed by atoms with van der Waals surface area (Å²) in [6, 6.07) is 8.56. The molecule has 0 bridgehead atoms. The van der Waals surface area contributed by atoms with Crippen LogP contribution in [0.3, 0.4) is 0 Å². The van der Waals surface area contributed by atoms with E-state index in [1.807, 2.05) is 39.7 Å². The monoisotopic (exact) mass is 336 g/mol. The lowest BCUT2D eigenvalue weighted by Gasteiger charge is -2.21. The van der Waals surface area contributed by atoms with Crippen LogP contribution >= 0.6 is 11.8 Å². The normalized spacial score (nSPS) is 18.9. The highest BCUT2D eigenvalue weighted by molar-refractivity contribution is 8.03. The zero-order valence-corrected chi connectivity index (χ0v) is 16.9. The van der Waals surface area contributed by atoms with Crippen molar-refractivity contribution in [1.82, 2.24) is 5.32 Å². The van der Waals surface area contributed by atoms with Crippen LogP contribution in [-0.2, 0) is 0 Å². The van der Waals surface area contributed by atoms with Crippen LogP contribution in [-0.4, -0.2) is 28.2 Å². The molecule has 0 saturated heterocycles. The third kappa shape index (κ3) is 7.76. The molecular formula is C20H36N2S. The molecule has 0 spiro atoms. The fourth-order valence-corrected chi connectivity index (χ4v) is 3.18. The van der Waals surface area contributed by atoms with Crippen molar-refractivity contribution in [1.29, 1.82) is 0 Å². The number of para-hydroxylation sites is 1. The van der Waals surface area contributed by atoms with E-state index >= 15 is 0 Å². The molecule has 23 heavy (non-hydrogen) atoms. The molecule has 2 rings (SSSR count). The van der Waals surface area contributed by atoms with Gasteiger partial charge >= 0.3 is 0 Å². The highest BCUT2D eigenvalue weighted by Gasteiger charge is 2.14. The lowest BCUT2D eigenvalue weighted by Crippen LogP contribution is -2.10. The molecule has 1 aromatic carbocycles. The summed E-state index contributed by atoms with van der Waals surface area (Å²) in [4.78, 5) is 4.84. The fraction of sp³-hybridized carbons (Fsp3) is 0.500. The molecule has 0 fully saturated rings. The van der Waals surface area contributed by atoms with Gasteiger partial charge in [0.15, 0.2) is 0 Å². The zero-order chi connectivity index (χ0) is 17.8. The number of anilines is 1. The lowest BCUT2D eigenvalue weighted by molar-refractivity contribution is 0.551. The van der Waals surface area contributed by atoms with Gasteiger partial charge in [-0.2, -0.15) is 0 Å². The van der Waals surface area contributed by atoms with Gasteiger partial charge in [-0.25, -0.2) is 0 Å². The third-order valence-corrected chi connectivity index (χ3v) is 4.47. The van der Waals surface area contributed by atoms with Gasteiger partial charge in [0.1, 0.15) is 0 Å². The van der Waals surface area contributed by atoms with E-state index < -0.39 is 0 Å². The summed E-state index contributed by atoms with van der Waals surface area (Å²) in [5, 5.41) is 2.75. The van der Waals surface area contributed by atoms with E-state index in [-0.39, 0.29) is 1.43 Å². The standard InChI is InChI=1S/C16H21NS.C2H7N.C2H6.H2/c1-12-9-10-14(11-13(12)2)18-16-8-6-5-7-15(16)17(3)4;1-3-2;1-2;/h5-13H,1-4H3;3H,1-2H3;1-2H3;1H. The van der Waals surface area contributed by atoms with Gasteiger partial charge in [0.25, 0.3) is 0 Å². The van der Waals surface area contributed by atoms with Gasteiger partial charge in [-0.05, 0) is 38.1 Å². The fourth-order valence-electron chi connectivity index (χ4n) is 2.00. The highest BCUT2D eigenvalue weighted by atomic mass is 32.2. The molecule has 0 aliphatic heterocycles. The summed E-state index contributed by atoms with van der Waals surface area (Å²) in [5.41, 5.74) is 1.28. The number of nitrogens with one attached hydrogen (secondary N) is 1. The molecule has 2 unspecified atom stereocenters. The molecule has 1 N–H and O–H groups in total. The van der Waals surface area contributed by atoms with Crippen molar-refractivity contribution in [2.75, 3.05) is 33.1 Å². The van der Waals surface area contributed by atoms with E-state index in [1.54, 1.807) is 0 Å². The largest absolute Gasteiger partial charge is 0.377 e. The third-order valence-electron chi connectivity index (χ3n) is 3.40. The number of hydrogen-bond donors (Lipinski definition) is 1. The molecule has 0 radical (unpaired) electrons. The topological polar surface area (TPSA) is 15.3 Å². The average molecular weight is 337 g/mol. The Bertz CT molecular complexity index is 498. The summed E-state index contributed by atoms with van der Waals surface area (Å²) >= 11 is 1.86. The van der Waals surface area contributed by atoms with E-state index in [0.717, 1.165) is 0 Å². The van der Waals surface area contributed by atoms with Crippen molar-refractivity contribution in [3.8, 4) is 0 Å². The van der Waals surface area contributed by atoms with Crippen molar-refractivity contribution >= 4 is 17.4 Å². The predicted octanol–water partition coefficient (Wildman–Crippen LogP) is 5.68. The Morgan fingerprint density at radius 1 is 1.04 bits per heavy atom. The van der Waals surface area contributed by atoms with E-state index in [9.17, 15) is 0 Å². The second-order valence-corrected chi connectivity index (χ2v) is 6.73. The Kier molecular flexibility index (Phi) is 11.6. The molecule has 3 heteroatoms. The molecule has 0 aromatic heterocycles. The van der Waals surface area contributed by atoms with E-state index in [4.69, 9.17) is 0 Å². The number of thioether (sulfide) groups is 1. The Labute approximate surface area is 149 Å². The van der Waals surface area contributed by atoms with Gasteiger partial charge < -0.3 is 10.2 Å². The Balaban J connectivity index is 0. The minimum atomic E-state index is 0. The smallest absolute Gasteiger partial charge is 0.0502 e. The molecule has 1 aliphatic carbocycles. The molecule has 0 heterocycles. The minimum absolute atomic E-state index is 0. The van der Waals surface area contributed by atoms with Crippen LogP contribution in [0.5, 0.6) is 0 Å².